The standard InChI is InChI=1S/C13H16N4O2/c18-17(19)11-6-4-5-10-13(11)15-12(14-10)9-16-7-2-1-3-8-16/h4-6H,1-3,7-9H2,(H,14,15). The van der Waals surface area contributed by atoms with Gasteiger partial charge in [-0.05, 0) is 32.0 Å². The van der Waals surface area contributed by atoms with Gasteiger partial charge >= 0.3 is 0 Å². The summed E-state index contributed by atoms with van der Waals surface area (Å²) in [7, 11) is 0. The number of H-pyrrole nitrogens is 1. The number of hydrogen-bond donors (Lipinski definition) is 1. The van der Waals surface area contributed by atoms with E-state index in [1.54, 1.807) is 6.07 Å². The van der Waals surface area contributed by atoms with Crippen molar-refractivity contribution in [1.82, 2.24) is 14.9 Å². The Labute approximate surface area is 110 Å². The van der Waals surface area contributed by atoms with E-state index in [1.165, 1.54) is 25.3 Å². The molecule has 0 radical (unpaired) electrons. The van der Waals surface area contributed by atoms with Gasteiger partial charge in [-0.25, -0.2) is 4.98 Å². The van der Waals surface area contributed by atoms with Crippen LogP contribution in [0, 0.1) is 10.1 Å². The molecule has 6 nitrogen and oxygen atoms in total. The summed E-state index contributed by atoms with van der Waals surface area (Å²) in [4.78, 5) is 20.5. The highest BCUT2D eigenvalue weighted by Gasteiger charge is 2.17. The molecule has 0 saturated carbocycles. The number of nitrogens with zero attached hydrogens (tertiary/aromatic N) is 3. The monoisotopic (exact) mass is 260 g/mol. The largest absolute Gasteiger partial charge is 0.341 e. The first-order chi connectivity index (χ1) is 9.24. The van der Waals surface area contributed by atoms with Gasteiger partial charge in [0.25, 0.3) is 5.69 Å². The minimum absolute atomic E-state index is 0.0682. The number of nitro groups is 1. The van der Waals surface area contributed by atoms with Crippen molar-refractivity contribution in [2.45, 2.75) is 25.8 Å². The lowest BCUT2D eigenvalue weighted by molar-refractivity contribution is -0.383. The van der Waals surface area contributed by atoms with Crippen LogP contribution >= 0.6 is 0 Å². The number of para-hydroxylation sites is 1. The highest BCUT2D eigenvalue weighted by molar-refractivity contribution is 5.84. The molecule has 2 heterocycles. The van der Waals surface area contributed by atoms with Gasteiger partial charge in [0.2, 0.25) is 0 Å². The van der Waals surface area contributed by atoms with Crippen molar-refractivity contribution in [2.75, 3.05) is 13.1 Å². The number of nitrogens with one attached hydrogen (secondary N) is 1. The van der Waals surface area contributed by atoms with Crippen molar-refractivity contribution in [3.8, 4) is 0 Å². The van der Waals surface area contributed by atoms with E-state index in [1.807, 2.05) is 6.07 Å². The second-order valence-electron chi connectivity index (χ2n) is 4.95. The maximum absolute atomic E-state index is 11.0. The number of aromatic nitrogens is 2. The number of rotatable bonds is 3. The molecular formula is C13H16N4O2. The van der Waals surface area contributed by atoms with E-state index in [-0.39, 0.29) is 10.6 Å². The minimum Gasteiger partial charge on any atom is -0.341 e. The number of nitro benzene ring substituents is 1. The quantitative estimate of drug-likeness (QED) is 0.679. The molecule has 0 aliphatic carbocycles. The zero-order valence-corrected chi connectivity index (χ0v) is 10.6. The molecule has 1 aliphatic rings. The lowest BCUT2D eigenvalue weighted by Crippen LogP contribution is -2.29. The molecule has 2 aromatic rings. The second kappa shape index (κ2) is 4.97. The third-order valence-corrected chi connectivity index (χ3v) is 3.56. The van der Waals surface area contributed by atoms with E-state index in [0.717, 1.165) is 31.0 Å². The van der Waals surface area contributed by atoms with Crippen LogP contribution in [0.25, 0.3) is 11.0 Å². The molecule has 0 atom stereocenters. The van der Waals surface area contributed by atoms with Crippen molar-refractivity contribution in [2.24, 2.45) is 0 Å². The summed E-state index contributed by atoms with van der Waals surface area (Å²) < 4.78 is 0. The lowest BCUT2D eigenvalue weighted by atomic mass is 10.1. The highest BCUT2D eigenvalue weighted by Crippen LogP contribution is 2.23. The van der Waals surface area contributed by atoms with Crippen LogP contribution < -0.4 is 0 Å². The number of non-ortho nitro benzene ring substituents is 1. The molecule has 1 aromatic heterocycles. The van der Waals surface area contributed by atoms with E-state index in [9.17, 15) is 10.1 Å². The lowest BCUT2D eigenvalue weighted by Gasteiger charge is -2.25. The van der Waals surface area contributed by atoms with Crippen molar-refractivity contribution in [1.29, 1.82) is 0 Å². The number of fused-ring (bicyclic) bond motifs is 1. The van der Waals surface area contributed by atoms with Crippen molar-refractivity contribution in [3.05, 3.63) is 34.1 Å². The molecule has 1 saturated heterocycles. The van der Waals surface area contributed by atoms with Gasteiger partial charge in [-0.1, -0.05) is 12.5 Å². The van der Waals surface area contributed by atoms with Gasteiger partial charge in [-0.15, -0.1) is 0 Å². The van der Waals surface area contributed by atoms with Crippen LogP contribution in [0.3, 0.4) is 0 Å². The Morgan fingerprint density at radius 1 is 1.32 bits per heavy atom. The molecule has 0 spiro atoms. The molecule has 0 bridgehead atoms. The predicted octanol–water partition coefficient (Wildman–Crippen LogP) is 2.46. The highest BCUT2D eigenvalue weighted by atomic mass is 16.6. The maximum Gasteiger partial charge on any atom is 0.297 e. The number of imidazole rings is 1. The van der Waals surface area contributed by atoms with Crippen LogP contribution in [-0.2, 0) is 6.54 Å². The number of likely N-dealkylation sites (tertiary alicyclic amines) is 1. The molecule has 1 fully saturated rings. The number of hydrogen-bond acceptors (Lipinski definition) is 4. The first-order valence-corrected chi connectivity index (χ1v) is 6.58. The summed E-state index contributed by atoms with van der Waals surface area (Å²) in [6, 6.07) is 5.01. The molecule has 1 N–H and O–H groups in total. The normalized spacial score (nSPS) is 16.8. The first-order valence-electron chi connectivity index (χ1n) is 6.58. The van der Waals surface area contributed by atoms with Gasteiger partial charge in [0.05, 0.1) is 17.0 Å². The minimum atomic E-state index is -0.381. The molecule has 100 valence electrons. The van der Waals surface area contributed by atoms with E-state index >= 15 is 0 Å². The SMILES string of the molecule is O=[N+]([O-])c1cccc2[nH]c(CN3CCCCC3)nc12. The Morgan fingerprint density at radius 2 is 2.11 bits per heavy atom. The number of benzene rings is 1. The van der Waals surface area contributed by atoms with Gasteiger partial charge < -0.3 is 4.98 Å². The summed E-state index contributed by atoms with van der Waals surface area (Å²) >= 11 is 0. The summed E-state index contributed by atoms with van der Waals surface area (Å²) in [5.74, 6) is 0.811. The predicted molar refractivity (Wildman–Crippen MR) is 71.9 cm³/mol. The zero-order valence-electron chi connectivity index (χ0n) is 10.6. The molecule has 0 unspecified atom stereocenters. The molecular weight excluding hydrogens is 244 g/mol. The van der Waals surface area contributed by atoms with Gasteiger partial charge in [-0.3, -0.25) is 15.0 Å². The number of aromatic amines is 1. The van der Waals surface area contributed by atoms with Crippen LogP contribution in [0.5, 0.6) is 0 Å². The summed E-state index contributed by atoms with van der Waals surface area (Å²) in [6.07, 6.45) is 3.74. The third-order valence-electron chi connectivity index (χ3n) is 3.56. The van der Waals surface area contributed by atoms with E-state index in [0.29, 0.717) is 5.52 Å². The van der Waals surface area contributed by atoms with Crippen LogP contribution in [0.4, 0.5) is 5.69 Å². The molecule has 19 heavy (non-hydrogen) atoms. The second-order valence-corrected chi connectivity index (χ2v) is 4.95. The van der Waals surface area contributed by atoms with Gasteiger partial charge in [0, 0.05) is 6.07 Å². The summed E-state index contributed by atoms with van der Waals surface area (Å²) in [5.41, 5.74) is 1.26. The third kappa shape index (κ3) is 2.44. The number of piperidine rings is 1. The smallest absolute Gasteiger partial charge is 0.297 e. The van der Waals surface area contributed by atoms with E-state index < -0.39 is 0 Å². The fourth-order valence-electron chi connectivity index (χ4n) is 2.62. The fraction of sp³-hybridized carbons (Fsp3) is 0.462. The van der Waals surface area contributed by atoms with Crippen LogP contribution in [0.15, 0.2) is 18.2 Å². The Balaban J connectivity index is 1.88. The Bertz CT molecular complexity index is 602. The topological polar surface area (TPSA) is 75.1 Å². The Morgan fingerprint density at radius 3 is 2.84 bits per heavy atom. The molecule has 0 amide bonds. The van der Waals surface area contributed by atoms with Gasteiger partial charge in [0.15, 0.2) is 5.52 Å². The average molecular weight is 260 g/mol. The molecule has 3 rings (SSSR count). The van der Waals surface area contributed by atoms with Gasteiger partial charge in [-0.2, -0.15) is 0 Å². The van der Waals surface area contributed by atoms with Crippen LogP contribution in [0.1, 0.15) is 25.1 Å². The first kappa shape index (κ1) is 12.1. The molecule has 1 aromatic carbocycles. The van der Waals surface area contributed by atoms with Crippen molar-refractivity contribution < 1.29 is 4.92 Å². The maximum atomic E-state index is 11.0. The van der Waals surface area contributed by atoms with E-state index in [4.69, 9.17) is 0 Å². The van der Waals surface area contributed by atoms with E-state index in [2.05, 4.69) is 14.9 Å². The molecule has 1 aliphatic heterocycles. The van der Waals surface area contributed by atoms with Crippen molar-refractivity contribution >= 4 is 16.7 Å². The summed E-state index contributed by atoms with van der Waals surface area (Å²) in [5, 5.41) is 11.0. The average Bonchev–Trinajstić information content (AvgIpc) is 2.81. The van der Waals surface area contributed by atoms with Crippen LogP contribution in [0.2, 0.25) is 0 Å². The zero-order chi connectivity index (χ0) is 13.2. The van der Waals surface area contributed by atoms with Gasteiger partial charge in [0.1, 0.15) is 5.82 Å². The van der Waals surface area contributed by atoms with Crippen LogP contribution in [-0.4, -0.2) is 32.9 Å². The summed E-state index contributed by atoms with van der Waals surface area (Å²) in [6.45, 7) is 2.91. The molecule has 6 heteroatoms. The Hall–Kier alpha value is -1.95. The Kier molecular flexibility index (Phi) is 3.16. The van der Waals surface area contributed by atoms with Crippen molar-refractivity contribution in [3.63, 3.8) is 0 Å². The fourth-order valence-corrected chi connectivity index (χ4v) is 2.62.